The normalized spacial score (nSPS) is 16.4. The first-order valence-electron chi connectivity index (χ1n) is 21.7. The summed E-state index contributed by atoms with van der Waals surface area (Å²) in [6.07, 6.45) is -0.289. The molecule has 0 bridgehead atoms. The number of amides is 3. The van der Waals surface area contributed by atoms with Gasteiger partial charge in [-0.15, -0.1) is 0 Å². The molecule has 25 heteroatoms. The molecule has 1 aromatic carbocycles. The van der Waals surface area contributed by atoms with Crippen LogP contribution in [-0.4, -0.2) is 121 Å². The highest BCUT2D eigenvalue weighted by atomic mass is 33.1. The van der Waals surface area contributed by atoms with E-state index in [1.165, 1.54) is 6.07 Å². The Bertz CT molecular complexity index is 2540. The van der Waals surface area contributed by atoms with Crippen molar-refractivity contribution in [2.45, 2.75) is 109 Å². The number of nitrogens with zero attached hydrogens (tertiary/aromatic N) is 3. The molecule has 68 heavy (non-hydrogen) atoms. The maximum Gasteiger partial charge on any atom is 0.513 e. The monoisotopic (exact) mass is 985 g/mol. The molecule has 368 valence electrons. The lowest BCUT2D eigenvalue weighted by atomic mass is 9.86. The van der Waals surface area contributed by atoms with Gasteiger partial charge >= 0.3 is 24.1 Å². The lowest BCUT2D eigenvalue weighted by molar-refractivity contribution is -0.172. The number of hydrogen-bond donors (Lipinski definition) is 9. The van der Waals surface area contributed by atoms with Gasteiger partial charge in [-0.2, -0.15) is 0 Å². The number of fused-ring (bicyclic) bond motifs is 5. The van der Waals surface area contributed by atoms with E-state index in [-0.39, 0.29) is 85.5 Å². The van der Waals surface area contributed by atoms with Gasteiger partial charge < -0.3 is 67.2 Å². The Labute approximate surface area is 397 Å². The van der Waals surface area contributed by atoms with E-state index >= 15 is 0 Å². The van der Waals surface area contributed by atoms with Gasteiger partial charge in [0.15, 0.2) is 11.6 Å². The number of nitrogens with two attached hydrogens (primary N) is 3. The summed E-state index contributed by atoms with van der Waals surface area (Å²) in [6.45, 7) is 5.26. The van der Waals surface area contributed by atoms with Gasteiger partial charge in [-0.05, 0) is 61.9 Å². The maximum atomic E-state index is 13.7. The van der Waals surface area contributed by atoms with Crippen LogP contribution in [0.2, 0.25) is 0 Å². The van der Waals surface area contributed by atoms with Crippen LogP contribution >= 0.6 is 21.6 Å². The Morgan fingerprint density at radius 2 is 1.66 bits per heavy atom. The second-order valence-electron chi connectivity index (χ2n) is 15.8. The third kappa shape index (κ3) is 12.6. The van der Waals surface area contributed by atoms with Crippen molar-refractivity contribution < 1.29 is 63.1 Å². The Morgan fingerprint density at radius 1 is 0.956 bits per heavy atom. The molecule has 23 nitrogen and oxygen atoms in total. The molecule has 3 amide bonds. The number of benzene rings is 1. The standard InChI is InChI=1S/C43H55N9O14S2/c1-4-8-27(44)35(55)49-29(9-7-12-47-41(45)46)36(56)50-30(17-33(53)54)37(57)51-31(39(59)60)20-68-67-14-13-64-42(62)66-21-10-11-28-23(15-21)22(5-2)24-18-52-32(34(24)48-28)16-26-25(38(52)58)19-65-40(61)43(26,63)6-3/h10-11,15-16,27,29-31,63H,4-9,12-14,17-20,44H2,1-3H3,(H,49,55)(H,50,56)(H,51,57)(H,53,54)(H,59,60)(H4,45,46,47). The zero-order valence-corrected chi connectivity index (χ0v) is 39.2. The SMILES string of the molecule is CCCC(N)C(=O)NC(CCCN=C(N)N)C(=O)NC(CC(=O)O)C(=O)NC(CSSCCOC(=O)Oc1ccc2nc3c(c(CC)c2c1)Cn1c-3cc2c(c1=O)COC(=O)C2(O)CC)C(=O)O. The van der Waals surface area contributed by atoms with Gasteiger partial charge in [-0.25, -0.2) is 19.4 Å². The number of aliphatic hydroxyl groups is 1. The first kappa shape index (κ1) is 52.5. The number of carbonyl (C=O) groups excluding carboxylic acids is 5. The van der Waals surface area contributed by atoms with Crippen LogP contribution in [0.5, 0.6) is 5.75 Å². The molecule has 5 atom stereocenters. The van der Waals surface area contributed by atoms with Crippen molar-refractivity contribution in [3.05, 3.63) is 56.9 Å². The number of aliphatic imine (C=N–C) groups is 1. The predicted octanol–water partition coefficient (Wildman–Crippen LogP) is 0.734. The van der Waals surface area contributed by atoms with Crippen molar-refractivity contribution in [2.24, 2.45) is 22.2 Å². The summed E-state index contributed by atoms with van der Waals surface area (Å²) in [4.78, 5) is 111. The number of rotatable bonds is 24. The van der Waals surface area contributed by atoms with Gasteiger partial charge in [-0.3, -0.25) is 29.0 Å². The maximum absolute atomic E-state index is 13.7. The van der Waals surface area contributed by atoms with Gasteiger partial charge in [0.1, 0.15) is 37.1 Å². The van der Waals surface area contributed by atoms with E-state index in [1.807, 2.05) is 13.8 Å². The van der Waals surface area contributed by atoms with Crippen molar-refractivity contribution in [3.8, 4) is 17.1 Å². The zero-order chi connectivity index (χ0) is 49.9. The second-order valence-corrected chi connectivity index (χ2v) is 18.5. The van der Waals surface area contributed by atoms with Crippen LogP contribution < -0.4 is 43.4 Å². The van der Waals surface area contributed by atoms with E-state index in [0.717, 1.165) is 32.7 Å². The molecule has 5 rings (SSSR count). The number of esters is 1. The number of carbonyl (C=O) groups is 7. The van der Waals surface area contributed by atoms with Gasteiger partial charge in [0, 0.05) is 34.6 Å². The van der Waals surface area contributed by atoms with Gasteiger partial charge in [-0.1, -0.05) is 48.8 Å². The summed E-state index contributed by atoms with van der Waals surface area (Å²) >= 11 is 0. The average Bonchev–Trinajstić information content (AvgIpc) is 3.66. The van der Waals surface area contributed by atoms with Crippen molar-refractivity contribution in [3.63, 3.8) is 0 Å². The van der Waals surface area contributed by atoms with E-state index in [2.05, 4.69) is 20.9 Å². The van der Waals surface area contributed by atoms with Crippen LogP contribution in [0.3, 0.4) is 0 Å². The Balaban J connectivity index is 1.14. The molecule has 0 saturated heterocycles. The van der Waals surface area contributed by atoms with Crippen LogP contribution in [0, 0.1) is 0 Å². The lowest BCUT2D eigenvalue weighted by Crippen LogP contribution is -2.57. The van der Waals surface area contributed by atoms with Crippen molar-refractivity contribution in [1.29, 1.82) is 0 Å². The number of guanidine groups is 1. The molecule has 3 aromatic rings. The fourth-order valence-corrected chi connectivity index (χ4v) is 9.65. The van der Waals surface area contributed by atoms with E-state index in [1.54, 1.807) is 29.7 Å². The van der Waals surface area contributed by atoms with Gasteiger partial charge in [0.05, 0.1) is 41.5 Å². The highest BCUT2D eigenvalue weighted by Crippen LogP contribution is 2.41. The zero-order valence-electron chi connectivity index (χ0n) is 37.5. The lowest BCUT2D eigenvalue weighted by Gasteiger charge is -2.31. The highest BCUT2D eigenvalue weighted by molar-refractivity contribution is 8.76. The van der Waals surface area contributed by atoms with E-state index in [0.29, 0.717) is 41.6 Å². The van der Waals surface area contributed by atoms with Crippen LogP contribution in [0.4, 0.5) is 4.79 Å². The molecule has 0 radical (unpaired) electrons. The molecular weight excluding hydrogens is 931 g/mol. The van der Waals surface area contributed by atoms with Crippen LogP contribution in [0.25, 0.3) is 22.3 Å². The quantitative estimate of drug-likeness (QED) is 0.0117. The van der Waals surface area contributed by atoms with Gasteiger partial charge in [0.25, 0.3) is 5.56 Å². The molecule has 2 aliphatic rings. The summed E-state index contributed by atoms with van der Waals surface area (Å²) < 4.78 is 17.4. The molecule has 0 spiro atoms. The third-order valence-electron chi connectivity index (χ3n) is 11.2. The van der Waals surface area contributed by atoms with E-state index in [9.17, 15) is 53.7 Å². The van der Waals surface area contributed by atoms with Crippen LogP contribution in [0.15, 0.2) is 34.1 Å². The summed E-state index contributed by atoms with van der Waals surface area (Å²) in [5, 5.41) is 38.3. The first-order chi connectivity index (χ1) is 32.3. The van der Waals surface area contributed by atoms with Crippen LogP contribution in [0.1, 0.15) is 81.5 Å². The molecule has 2 aromatic heterocycles. The number of aromatic nitrogens is 2. The molecule has 5 unspecified atom stereocenters. The summed E-state index contributed by atoms with van der Waals surface area (Å²) in [6, 6.07) is 0.997. The Hall–Kier alpha value is -6.44. The molecular formula is C43H55N9O14S2. The molecule has 0 aliphatic carbocycles. The van der Waals surface area contributed by atoms with E-state index < -0.39 is 78.0 Å². The van der Waals surface area contributed by atoms with Crippen LogP contribution in [-0.2, 0) is 63.4 Å². The Morgan fingerprint density at radius 3 is 2.32 bits per heavy atom. The molecule has 4 heterocycles. The smallest absolute Gasteiger partial charge is 0.481 e. The fourth-order valence-electron chi connectivity index (χ4n) is 7.66. The minimum atomic E-state index is -1.96. The van der Waals surface area contributed by atoms with Crippen molar-refractivity contribution in [2.75, 3.05) is 24.7 Å². The number of hydrogen-bond acceptors (Lipinski definition) is 17. The van der Waals surface area contributed by atoms with Crippen molar-refractivity contribution in [1.82, 2.24) is 25.5 Å². The second kappa shape index (κ2) is 23.5. The summed E-state index contributed by atoms with van der Waals surface area (Å²) in [5.74, 6) is -6.48. The first-order valence-corrected chi connectivity index (χ1v) is 24.2. The number of carboxylic acid groups (broad SMARTS) is 2. The number of pyridine rings is 2. The highest BCUT2D eigenvalue weighted by Gasteiger charge is 2.45. The number of aryl methyl sites for hydroxylation is 1. The number of cyclic esters (lactones) is 1. The largest absolute Gasteiger partial charge is 0.513 e. The third-order valence-corrected chi connectivity index (χ3v) is 13.6. The predicted molar refractivity (Wildman–Crippen MR) is 249 cm³/mol. The summed E-state index contributed by atoms with van der Waals surface area (Å²) in [7, 11) is 2.13. The number of nitrogens with one attached hydrogen (secondary N) is 3. The number of ether oxygens (including phenoxy) is 3. The minimum absolute atomic E-state index is 0.0101. The fraction of sp³-hybridized carbons (Fsp3) is 0.488. The molecule has 2 aliphatic heterocycles. The number of carboxylic acids is 2. The summed E-state index contributed by atoms with van der Waals surface area (Å²) in [5.41, 5.74) is 17.8. The molecule has 0 saturated carbocycles. The minimum Gasteiger partial charge on any atom is -0.481 e. The Kier molecular flexibility index (Phi) is 18.2. The molecule has 0 fully saturated rings. The topological polar surface area (TPSA) is 369 Å². The number of aliphatic carboxylic acids is 2. The van der Waals surface area contributed by atoms with Crippen molar-refractivity contribution >= 4 is 80.2 Å². The average molecular weight is 986 g/mol. The molecule has 12 N–H and O–H groups in total. The van der Waals surface area contributed by atoms with Gasteiger partial charge in [0.2, 0.25) is 17.7 Å². The van der Waals surface area contributed by atoms with E-state index in [4.69, 9.17) is 36.4 Å².